The van der Waals surface area contributed by atoms with Gasteiger partial charge in [0.15, 0.2) is 0 Å². The third kappa shape index (κ3) is 4.17. The Balaban J connectivity index is 1.64. The number of amides is 2. The molecule has 7 nitrogen and oxygen atoms in total. The van der Waals surface area contributed by atoms with Crippen LogP contribution >= 0.6 is 11.6 Å². The first-order chi connectivity index (χ1) is 15.3. The highest BCUT2D eigenvalue weighted by Crippen LogP contribution is 2.30. The standard InChI is InChI=1S/C23H25ClFN3O4/c1-12-19(22(31)26-13-8-9-15(25)14(24)11-13)17-6-2-3-10-28(17)20(12)21(30)23(32)27-16-5-4-7-18(16)29/h8-9,11,16,18,29H,2-7,10H2,1H3,(H,26,31)(H,27,32)/t16-,18+/m0/s1. The van der Waals surface area contributed by atoms with Crippen LogP contribution in [-0.4, -0.2) is 39.4 Å². The molecule has 4 rings (SSSR count). The maximum Gasteiger partial charge on any atom is 0.294 e. The molecule has 1 aromatic carbocycles. The largest absolute Gasteiger partial charge is 0.391 e. The average molecular weight is 462 g/mol. The van der Waals surface area contributed by atoms with E-state index in [9.17, 15) is 23.9 Å². The fourth-order valence-corrected chi connectivity index (χ4v) is 4.87. The summed E-state index contributed by atoms with van der Waals surface area (Å²) in [6, 6.07) is 3.45. The molecule has 2 aromatic rings. The van der Waals surface area contributed by atoms with Gasteiger partial charge in [-0.25, -0.2) is 4.39 Å². The molecule has 1 fully saturated rings. The highest BCUT2D eigenvalue weighted by atomic mass is 35.5. The fraction of sp³-hybridized carbons (Fsp3) is 0.435. The minimum atomic E-state index is -0.776. The van der Waals surface area contributed by atoms with Crippen LogP contribution in [0.25, 0.3) is 0 Å². The Bertz CT molecular complexity index is 1100. The van der Waals surface area contributed by atoms with Crippen molar-refractivity contribution in [3.8, 4) is 0 Å². The van der Waals surface area contributed by atoms with E-state index in [1.54, 1.807) is 11.5 Å². The zero-order chi connectivity index (χ0) is 23.0. The summed E-state index contributed by atoms with van der Waals surface area (Å²) >= 11 is 5.81. The number of carbonyl (C=O) groups is 3. The van der Waals surface area contributed by atoms with E-state index in [-0.39, 0.29) is 10.7 Å². The van der Waals surface area contributed by atoms with Gasteiger partial charge in [0.05, 0.1) is 28.4 Å². The number of rotatable bonds is 5. The number of carbonyl (C=O) groups excluding carboxylic acids is 3. The number of nitrogens with zero attached hydrogens (tertiary/aromatic N) is 1. The zero-order valence-electron chi connectivity index (χ0n) is 17.7. The van der Waals surface area contributed by atoms with Crippen LogP contribution in [-0.2, 0) is 17.8 Å². The predicted molar refractivity (Wildman–Crippen MR) is 118 cm³/mol. The molecule has 1 saturated carbocycles. The summed E-state index contributed by atoms with van der Waals surface area (Å²) in [7, 11) is 0. The Morgan fingerprint density at radius 1 is 1.19 bits per heavy atom. The van der Waals surface area contributed by atoms with Gasteiger partial charge in [0.1, 0.15) is 5.82 Å². The third-order valence-electron chi connectivity index (χ3n) is 6.28. The van der Waals surface area contributed by atoms with Crippen molar-refractivity contribution in [2.45, 2.75) is 64.1 Å². The fourth-order valence-electron chi connectivity index (χ4n) is 4.69. The van der Waals surface area contributed by atoms with Crippen LogP contribution in [0.3, 0.4) is 0 Å². The van der Waals surface area contributed by atoms with Gasteiger partial charge in [-0.2, -0.15) is 0 Å². The minimum absolute atomic E-state index is 0.111. The van der Waals surface area contributed by atoms with Crippen molar-refractivity contribution >= 4 is 34.9 Å². The second-order valence-corrected chi connectivity index (χ2v) is 8.80. The highest BCUT2D eigenvalue weighted by molar-refractivity contribution is 6.43. The van der Waals surface area contributed by atoms with E-state index < -0.39 is 35.6 Å². The molecule has 0 unspecified atom stereocenters. The smallest absolute Gasteiger partial charge is 0.294 e. The number of aromatic nitrogens is 1. The van der Waals surface area contributed by atoms with Crippen molar-refractivity contribution in [1.82, 2.24) is 9.88 Å². The summed E-state index contributed by atoms with van der Waals surface area (Å²) < 4.78 is 15.2. The van der Waals surface area contributed by atoms with Crippen molar-refractivity contribution in [2.75, 3.05) is 5.32 Å². The molecule has 3 N–H and O–H groups in total. The van der Waals surface area contributed by atoms with Crippen molar-refractivity contribution in [3.63, 3.8) is 0 Å². The summed E-state index contributed by atoms with van der Waals surface area (Å²) in [5.74, 6) is -2.52. The van der Waals surface area contributed by atoms with Crippen molar-refractivity contribution in [1.29, 1.82) is 0 Å². The lowest BCUT2D eigenvalue weighted by atomic mass is 10.0. The van der Waals surface area contributed by atoms with E-state index in [4.69, 9.17) is 11.6 Å². The van der Waals surface area contributed by atoms with Gasteiger partial charge in [0, 0.05) is 17.9 Å². The van der Waals surface area contributed by atoms with E-state index >= 15 is 0 Å². The SMILES string of the molecule is Cc1c(C(=O)Nc2ccc(F)c(Cl)c2)c2n(c1C(=O)C(=O)N[C@H]1CCC[C@H]1O)CCCC2. The summed E-state index contributed by atoms with van der Waals surface area (Å²) in [5, 5.41) is 15.2. The first-order valence-electron chi connectivity index (χ1n) is 10.8. The van der Waals surface area contributed by atoms with Crippen LogP contribution in [0.5, 0.6) is 0 Å². The van der Waals surface area contributed by atoms with E-state index in [1.807, 2.05) is 0 Å². The maximum absolute atomic E-state index is 13.4. The Morgan fingerprint density at radius 2 is 1.97 bits per heavy atom. The van der Waals surface area contributed by atoms with Crippen molar-refractivity contribution in [2.24, 2.45) is 0 Å². The van der Waals surface area contributed by atoms with Gasteiger partial charge in [-0.05, 0) is 69.2 Å². The topological polar surface area (TPSA) is 100 Å². The molecule has 2 heterocycles. The first kappa shape index (κ1) is 22.5. The Labute approximate surface area is 189 Å². The molecule has 1 aromatic heterocycles. The van der Waals surface area contributed by atoms with Gasteiger partial charge in [-0.3, -0.25) is 14.4 Å². The van der Waals surface area contributed by atoms with Gasteiger partial charge in [-0.1, -0.05) is 11.6 Å². The molecule has 9 heteroatoms. The predicted octanol–water partition coefficient (Wildman–Crippen LogP) is 3.39. The number of hydrogen-bond donors (Lipinski definition) is 3. The van der Waals surface area contributed by atoms with E-state index in [0.717, 1.165) is 25.3 Å². The number of hydrogen-bond acceptors (Lipinski definition) is 4. The number of ketones is 1. The van der Waals surface area contributed by atoms with Crippen LogP contribution in [0.1, 0.15) is 64.2 Å². The van der Waals surface area contributed by atoms with Gasteiger partial charge in [0.2, 0.25) is 0 Å². The molecule has 1 aliphatic heterocycles. The molecular formula is C23H25ClFN3O4. The molecule has 1 aliphatic carbocycles. The minimum Gasteiger partial charge on any atom is -0.391 e. The number of aliphatic hydroxyl groups excluding tert-OH is 1. The van der Waals surface area contributed by atoms with Crippen LogP contribution in [0, 0.1) is 12.7 Å². The molecule has 0 radical (unpaired) electrons. The number of fused-ring (bicyclic) bond motifs is 1. The molecular weight excluding hydrogens is 437 g/mol. The van der Waals surface area contributed by atoms with E-state index in [2.05, 4.69) is 10.6 Å². The molecule has 0 bridgehead atoms. The van der Waals surface area contributed by atoms with Crippen LogP contribution in [0.4, 0.5) is 10.1 Å². The Morgan fingerprint density at radius 3 is 2.66 bits per heavy atom. The monoisotopic (exact) mass is 461 g/mol. The van der Waals surface area contributed by atoms with Gasteiger partial charge >= 0.3 is 0 Å². The second kappa shape index (κ2) is 9.03. The van der Waals surface area contributed by atoms with E-state index in [0.29, 0.717) is 48.3 Å². The molecule has 170 valence electrons. The first-order valence-corrected chi connectivity index (χ1v) is 11.2. The lowest BCUT2D eigenvalue weighted by Crippen LogP contribution is -2.43. The van der Waals surface area contributed by atoms with Crippen LogP contribution in [0.2, 0.25) is 5.02 Å². The Kier molecular flexibility index (Phi) is 6.35. The number of aliphatic hydroxyl groups is 1. The van der Waals surface area contributed by atoms with Crippen LogP contribution < -0.4 is 10.6 Å². The number of anilines is 1. The maximum atomic E-state index is 13.4. The number of Topliss-reactive ketones (excluding diaryl/α,β-unsaturated/α-hetero) is 1. The van der Waals surface area contributed by atoms with Gasteiger partial charge in [-0.15, -0.1) is 0 Å². The molecule has 2 atom stereocenters. The van der Waals surface area contributed by atoms with Crippen LogP contribution in [0.15, 0.2) is 18.2 Å². The lowest BCUT2D eigenvalue weighted by molar-refractivity contribution is -0.118. The number of benzene rings is 1. The third-order valence-corrected chi connectivity index (χ3v) is 6.57. The quantitative estimate of drug-likeness (QED) is 0.469. The highest BCUT2D eigenvalue weighted by Gasteiger charge is 2.34. The van der Waals surface area contributed by atoms with Gasteiger partial charge in [0.25, 0.3) is 17.6 Å². The van der Waals surface area contributed by atoms with Crippen molar-refractivity contribution in [3.05, 3.63) is 51.6 Å². The summed E-state index contributed by atoms with van der Waals surface area (Å²) in [6.07, 6.45) is 3.65. The molecule has 2 amide bonds. The summed E-state index contributed by atoms with van der Waals surface area (Å²) in [5.41, 5.74) is 2.02. The average Bonchev–Trinajstić information content (AvgIpc) is 3.29. The summed E-state index contributed by atoms with van der Waals surface area (Å²) in [6.45, 7) is 2.19. The molecule has 32 heavy (non-hydrogen) atoms. The molecule has 0 spiro atoms. The van der Waals surface area contributed by atoms with E-state index in [1.165, 1.54) is 12.1 Å². The van der Waals surface area contributed by atoms with Gasteiger partial charge < -0.3 is 20.3 Å². The lowest BCUT2D eigenvalue weighted by Gasteiger charge is -2.19. The molecule has 2 aliphatic rings. The normalized spacial score (nSPS) is 20.0. The second-order valence-electron chi connectivity index (χ2n) is 8.39. The zero-order valence-corrected chi connectivity index (χ0v) is 18.5. The number of halogens is 2. The molecule has 0 saturated heterocycles. The van der Waals surface area contributed by atoms with Crippen molar-refractivity contribution < 1.29 is 23.9 Å². The summed E-state index contributed by atoms with van der Waals surface area (Å²) in [4.78, 5) is 38.9. The Hall–Kier alpha value is -2.71. The number of nitrogens with one attached hydrogen (secondary N) is 2.